The molecule has 5 rings (SSSR count). The fraction of sp³-hybridized carbons (Fsp3) is 0.103. The van der Waals surface area contributed by atoms with E-state index >= 15 is 0 Å². The van der Waals surface area contributed by atoms with E-state index in [1.807, 2.05) is 60.7 Å². The molecule has 1 aliphatic heterocycles. The molecule has 1 atom stereocenters. The lowest BCUT2D eigenvalue weighted by molar-refractivity contribution is 0.415. The Kier molecular flexibility index (Phi) is 6.73. The molecule has 35 heavy (non-hydrogen) atoms. The van der Waals surface area contributed by atoms with Crippen molar-refractivity contribution in [3.63, 3.8) is 0 Å². The summed E-state index contributed by atoms with van der Waals surface area (Å²) >= 11 is 5.47. The molecular weight excluding hydrogens is 452 g/mol. The summed E-state index contributed by atoms with van der Waals surface area (Å²) in [4.78, 5) is 0. The van der Waals surface area contributed by atoms with Crippen molar-refractivity contribution in [2.45, 2.75) is 12.5 Å². The Morgan fingerprint density at radius 1 is 0.800 bits per heavy atom. The molecule has 1 heterocycles. The summed E-state index contributed by atoms with van der Waals surface area (Å²) in [6.07, 6.45) is 0.808. The van der Waals surface area contributed by atoms with Gasteiger partial charge < -0.3 is 15.4 Å². The Morgan fingerprint density at radius 3 is 2.03 bits per heavy atom. The van der Waals surface area contributed by atoms with Gasteiger partial charge in [0.15, 0.2) is 5.11 Å². The lowest BCUT2D eigenvalue weighted by Crippen LogP contribution is -2.20. The second-order valence-corrected chi connectivity index (χ2v) is 8.65. The van der Waals surface area contributed by atoms with Crippen LogP contribution in [0.3, 0.4) is 0 Å². The summed E-state index contributed by atoms with van der Waals surface area (Å²) in [5, 5.41) is 14.2. The number of benzene rings is 4. The number of thiocarbonyl (C=S) groups is 1. The van der Waals surface area contributed by atoms with Crippen molar-refractivity contribution in [3.05, 3.63) is 120 Å². The molecule has 2 N–H and O–H groups in total. The van der Waals surface area contributed by atoms with Gasteiger partial charge in [0, 0.05) is 17.8 Å². The molecule has 1 aliphatic rings. The molecule has 5 nitrogen and oxygen atoms in total. The quantitative estimate of drug-likeness (QED) is 0.297. The zero-order valence-corrected chi connectivity index (χ0v) is 20.2. The Hall–Kier alpha value is -4.16. The molecule has 174 valence electrons. The lowest BCUT2D eigenvalue weighted by Gasteiger charge is -2.24. The summed E-state index contributed by atoms with van der Waals surface area (Å²) in [5.74, 6) is 0.839. The van der Waals surface area contributed by atoms with Crippen LogP contribution in [0.5, 0.6) is 5.75 Å². The van der Waals surface area contributed by atoms with Gasteiger partial charge in [-0.05, 0) is 84.0 Å². The summed E-state index contributed by atoms with van der Waals surface area (Å²) in [6, 6.07) is 36.8. The first-order valence-corrected chi connectivity index (χ1v) is 11.9. The minimum Gasteiger partial charge on any atom is -0.497 e. The molecule has 0 bridgehead atoms. The molecule has 1 unspecified atom stereocenters. The van der Waals surface area contributed by atoms with Gasteiger partial charge in [0.05, 0.1) is 24.6 Å². The van der Waals surface area contributed by atoms with Crippen LogP contribution < -0.4 is 20.4 Å². The van der Waals surface area contributed by atoms with Crippen molar-refractivity contribution >= 4 is 40.1 Å². The number of hydrogen-bond donors (Lipinski definition) is 2. The van der Waals surface area contributed by atoms with E-state index in [0.29, 0.717) is 5.11 Å². The normalized spacial score (nSPS) is 14.8. The highest BCUT2D eigenvalue weighted by Gasteiger charge is 2.29. The molecular formula is C29H26N4OS. The molecule has 0 spiro atoms. The monoisotopic (exact) mass is 478 g/mol. The van der Waals surface area contributed by atoms with Crippen molar-refractivity contribution in [2.24, 2.45) is 5.10 Å². The minimum absolute atomic E-state index is 0.0953. The number of ether oxygens (including phenoxy) is 1. The maximum absolute atomic E-state index is 5.47. The minimum atomic E-state index is 0.0953. The molecule has 0 saturated carbocycles. The summed E-state index contributed by atoms with van der Waals surface area (Å²) in [5.41, 5.74) is 6.30. The van der Waals surface area contributed by atoms with Gasteiger partial charge in [0.1, 0.15) is 5.75 Å². The predicted molar refractivity (Wildman–Crippen MR) is 149 cm³/mol. The summed E-state index contributed by atoms with van der Waals surface area (Å²) in [7, 11) is 1.68. The smallest absolute Gasteiger partial charge is 0.175 e. The number of rotatable bonds is 6. The number of hydrogen-bond acceptors (Lipinski definition) is 4. The van der Waals surface area contributed by atoms with Crippen LogP contribution >= 0.6 is 12.2 Å². The molecule has 0 aromatic heterocycles. The van der Waals surface area contributed by atoms with Crippen molar-refractivity contribution < 1.29 is 4.74 Å². The first kappa shape index (κ1) is 22.6. The van der Waals surface area contributed by atoms with Crippen molar-refractivity contribution in [3.8, 4) is 5.75 Å². The Balaban J connectivity index is 1.35. The molecule has 6 heteroatoms. The number of nitrogens with zero attached hydrogens (tertiary/aromatic N) is 2. The third-order valence-electron chi connectivity index (χ3n) is 5.94. The highest BCUT2D eigenvalue weighted by Crippen LogP contribution is 2.37. The van der Waals surface area contributed by atoms with Crippen LogP contribution in [0, 0.1) is 0 Å². The second-order valence-electron chi connectivity index (χ2n) is 8.24. The number of nitrogens with one attached hydrogen (secondary N) is 2. The molecule has 0 saturated heterocycles. The third-order valence-corrected chi connectivity index (χ3v) is 6.14. The average molecular weight is 479 g/mol. The average Bonchev–Trinajstić information content (AvgIpc) is 3.36. The first-order chi connectivity index (χ1) is 17.2. The topological polar surface area (TPSA) is 48.9 Å². The Labute approximate surface area is 211 Å². The van der Waals surface area contributed by atoms with Gasteiger partial charge in [-0.25, -0.2) is 0 Å². The van der Waals surface area contributed by atoms with Crippen LogP contribution in [0.2, 0.25) is 0 Å². The van der Waals surface area contributed by atoms with E-state index in [1.165, 1.54) is 5.56 Å². The van der Waals surface area contributed by atoms with Crippen LogP contribution in [0.15, 0.2) is 114 Å². The van der Waals surface area contributed by atoms with Crippen molar-refractivity contribution in [1.29, 1.82) is 0 Å². The van der Waals surface area contributed by atoms with Gasteiger partial charge in [-0.15, -0.1) is 0 Å². The van der Waals surface area contributed by atoms with Gasteiger partial charge in [-0.1, -0.05) is 48.5 Å². The third kappa shape index (κ3) is 5.34. The van der Waals surface area contributed by atoms with Crippen LogP contribution in [0.1, 0.15) is 23.6 Å². The molecule has 0 radical (unpaired) electrons. The lowest BCUT2D eigenvalue weighted by atomic mass is 9.98. The maximum Gasteiger partial charge on any atom is 0.175 e. The Bertz CT molecular complexity index is 1310. The van der Waals surface area contributed by atoms with Crippen molar-refractivity contribution in [1.82, 2.24) is 0 Å². The molecule has 4 aromatic carbocycles. The van der Waals surface area contributed by atoms with Gasteiger partial charge in [0.2, 0.25) is 0 Å². The van der Waals surface area contributed by atoms with Gasteiger partial charge >= 0.3 is 0 Å². The summed E-state index contributed by atoms with van der Waals surface area (Å²) in [6.45, 7) is 0. The van der Waals surface area contributed by atoms with Gasteiger partial charge in [-0.2, -0.15) is 5.10 Å². The summed E-state index contributed by atoms with van der Waals surface area (Å²) < 4.78 is 5.31. The van der Waals surface area contributed by atoms with E-state index in [9.17, 15) is 0 Å². The number of anilines is 3. The highest BCUT2D eigenvalue weighted by molar-refractivity contribution is 7.80. The van der Waals surface area contributed by atoms with Gasteiger partial charge in [0.25, 0.3) is 0 Å². The Morgan fingerprint density at radius 2 is 1.40 bits per heavy atom. The standard InChI is InChI=1S/C29H26N4OS/c1-34-26-18-14-21(15-19-26)27-20-28(33(32-27)25-10-6-3-7-11-25)22-12-16-24(17-13-22)31-29(35)30-23-8-4-2-5-9-23/h2-19,28H,20H2,1H3,(H2,30,31,35). The fourth-order valence-corrected chi connectivity index (χ4v) is 4.39. The van der Waals surface area contributed by atoms with E-state index in [1.54, 1.807) is 7.11 Å². The molecule has 4 aromatic rings. The van der Waals surface area contributed by atoms with E-state index in [0.717, 1.165) is 40.5 Å². The van der Waals surface area contributed by atoms with E-state index < -0.39 is 0 Å². The zero-order chi connectivity index (χ0) is 24.0. The van der Waals surface area contributed by atoms with E-state index in [2.05, 4.69) is 64.2 Å². The van der Waals surface area contributed by atoms with Gasteiger partial charge in [-0.3, -0.25) is 5.01 Å². The van der Waals surface area contributed by atoms with Crippen LogP contribution in [-0.2, 0) is 0 Å². The SMILES string of the molecule is COc1ccc(C2=NN(c3ccccc3)C(c3ccc(NC(=S)Nc4ccccc4)cc3)C2)cc1. The highest BCUT2D eigenvalue weighted by atomic mass is 32.1. The second kappa shape index (κ2) is 10.4. The van der Waals surface area contributed by atoms with Crippen LogP contribution in [0.4, 0.5) is 17.1 Å². The molecule has 0 aliphatic carbocycles. The van der Waals surface area contributed by atoms with Crippen molar-refractivity contribution in [2.75, 3.05) is 22.8 Å². The molecule has 0 fully saturated rings. The number of para-hydroxylation sites is 2. The van der Waals surface area contributed by atoms with E-state index in [4.69, 9.17) is 22.1 Å². The van der Waals surface area contributed by atoms with E-state index in [-0.39, 0.29) is 6.04 Å². The predicted octanol–water partition coefficient (Wildman–Crippen LogP) is 6.86. The molecule has 0 amide bonds. The fourth-order valence-electron chi connectivity index (χ4n) is 4.15. The number of methoxy groups -OCH3 is 1. The largest absolute Gasteiger partial charge is 0.497 e. The van der Waals surface area contributed by atoms with Crippen LogP contribution in [-0.4, -0.2) is 17.9 Å². The maximum atomic E-state index is 5.47. The zero-order valence-electron chi connectivity index (χ0n) is 19.4. The first-order valence-electron chi connectivity index (χ1n) is 11.5. The number of hydrazone groups is 1. The van der Waals surface area contributed by atoms with Crippen LogP contribution in [0.25, 0.3) is 0 Å².